The van der Waals surface area contributed by atoms with Gasteiger partial charge < -0.3 is 9.47 Å². The van der Waals surface area contributed by atoms with E-state index in [-0.39, 0.29) is 16.8 Å². The van der Waals surface area contributed by atoms with Crippen molar-refractivity contribution in [1.29, 1.82) is 0 Å². The third kappa shape index (κ3) is 4.52. The van der Waals surface area contributed by atoms with Gasteiger partial charge in [0.05, 0.1) is 18.9 Å². The summed E-state index contributed by atoms with van der Waals surface area (Å²) < 4.78 is 11.1. The lowest BCUT2D eigenvalue weighted by Crippen LogP contribution is -2.54. The average molecular weight is 425 g/mol. The molecule has 7 heteroatoms. The molecule has 0 radical (unpaired) electrons. The molecule has 1 heterocycles. The Bertz CT molecular complexity index is 1010. The Morgan fingerprint density at radius 3 is 2.40 bits per heavy atom. The molecule has 6 nitrogen and oxygen atoms in total. The SMILES string of the molecule is CCc1ccc(N2C(=O)C(=Cc3ccc(OC(C)C)c(OC)c3)C(=O)NC2=S)cc1. The van der Waals surface area contributed by atoms with Crippen LogP contribution in [0, 0.1) is 0 Å². The first-order valence-corrected chi connectivity index (χ1v) is 10.1. The van der Waals surface area contributed by atoms with E-state index in [4.69, 9.17) is 21.7 Å². The highest BCUT2D eigenvalue weighted by atomic mass is 32.1. The monoisotopic (exact) mass is 424 g/mol. The summed E-state index contributed by atoms with van der Waals surface area (Å²) in [5.41, 5.74) is 2.37. The first-order chi connectivity index (χ1) is 14.3. The summed E-state index contributed by atoms with van der Waals surface area (Å²) in [6.07, 6.45) is 2.40. The van der Waals surface area contributed by atoms with Crippen molar-refractivity contribution in [3.05, 3.63) is 59.2 Å². The number of aryl methyl sites for hydroxylation is 1. The van der Waals surface area contributed by atoms with Crippen LogP contribution in [0.25, 0.3) is 6.08 Å². The predicted molar refractivity (Wildman–Crippen MR) is 121 cm³/mol. The van der Waals surface area contributed by atoms with E-state index in [2.05, 4.69) is 12.2 Å². The van der Waals surface area contributed by atoms with Crippen LogP contribution < -0.4 is 19.7 Å². The number of carbonyl (C=O) groups excluding carboxylic acids is 2. The average Bonchev–Trinajstić information content (AvgIpc) is 2.72. The number of anilines is 1. The molecule has 1 N–H and O–H groups in total. The van der Waals surface area contributed by atoms with Crippen LogP contribution in [-0.2, 0) is 16.0 Å². The van der Waals surface area contributed by atoms with Crippen molar-refractivity contribution in [3.63, 3.8) is 0 Å². The Morgan fingerprint density at radius 1 is 1.10 bits per heavy atom. The fourth-order valence-electron chi connectivity index (χ4n) is 3.06. The van der Waals surface area contributed by atoms with E-state index in [0.717, 1.165) is 12.0 Å². The molecule has 0 saturated carbocycles. The number of hydrogen-bond donors (Lipinski definition) is 1. The van der Waals surface area contributed by atoms with E-state index < -0.39 is 11.8 Å². The molecular formula is C23H24N2O4S. The molecule has 0 bridgehead atoms. The largest absolute Gasteiger partial charge is 0.493 e. The molecule has 0 atom stereocenters. The zero-order chi connectivity index (χ0) is 21.8. The van der Waals surface area contributed by atoms with Gasteiger partial charge in [0.2, 0.25) is 0 Å². The van der Waals surface area contributed by atoms with Gasteiger partial charge in [-0.25, -0.2) is 0 Å². The van der Waals surface area contributed by atoms with E-state index in [1.165, 1.54) is 18.1 Å². The van der Waals surface area contributed by atoms with Gasteiger partial charge in [0.1, 0.15) is 5.57 Å². The lowest BCUT2D eigenvalue weighted by Gasteiger charge is -2.29. The number of ether oxygens (including phenoxy) is 2. The minimum Gasteiger partial charge on any atom is -0.493 e. The number of hydrogen-bond acceptors (Lipinski definition) is 5. The minimum atomic E-state index is -0.534. The Hall–Kier alpha value is -3.19. The minimum absolute atomic E-state index is 0.0113. The van der Waals surface area contributed by atoms with Crippen LogP contribution in [0.2, 0.25) is 0 Å². The molecule has 2 aromatic carbocycles. The molecule has 1 aliphatic rings. The summed E-state index contributed by atoms with van der Waals surface area (Å²) in [7, 11) is 1.54. The molecular weight excluding hydrogens is 400 g/mol. The zero-order valence-electron chi connectivity index (χ0n) is 17.4. The number of rotatable bonds is 6. The van der Waals surface area contributed by atoms with Gasteiger partial charge in [-0.15, -0.1) is 0 Å². The summed E-state index contributed by atoms with van der Waals surface area (Å²) in [5.74, 6) is 0.0968. The molecule has 3 rings (SSSR count). The second-order valence-electron chi connectivity index (χ2n) is 7.05. The number of nitrogens with zero attached hydrogens (tertiary/aromatic N) is 1. The van der Waals surface area contributed by atoms with E-state index in [0.29, 0.717) is 22.7 Å². The quantitative estimate of drug-likeness (QED) is 0.433. The van der Waals surface area contributed by atoms with Crippen LogP contribution in [0.15, 0.2) is 48.0 Å². The van der Waals surface area contributed by atoms with Gasteiger partial charge in [-0.05, 0) is 74.0 Å². The van der Waals surface area contributed by atoms with Gasteiger partial charge in [0.25, 0.3) is 11.8 Å². The Morgan fingerprint density at radius 2 is 1.80 bits per heavy atom. The van der Waals surface area contributed by atoms with Crippen LogP contribution in [0.1, 0.15) is 31.9 Å². The number of methoxy groups -OCH3 is 1. The van der Waals surface area contributed by atoms with Crippen molar-refractivity contribution < 1.29 is 19.1 Å². The zero-order valence-corrected chi connectivity index (χ0v) is 18.2. The van der Waals surface area contributed by atoms with Gasteiger partial charge in [-0.2, -0.15) is 0 Å². The molecule has 1 aliphatic heterocycles. The molecule has 2 aromatic rings. The maximum Gasteiger partial charge on any atom is 0.270 e. The molecule has 1 fully saturated rings. The first-order valence-electron chi connectivity index (χ1n) is 9.69. The van der Waals surface area contributed by atoms with Crippen LogP contribution >= 0.6 is 12.2 Å². The Kier molecular flexibility index (Phi) is 6.52. The van der Waals surface area contributed by atoms with Crippen LogP contribution in [0.4, 0.5) is 5.69 Å². The van der Waals surface area contributed by atoms with Crippen molar-refractivity contribution in [1.82, 2.24) is 5.32 Å². The predicted octanol–water partition coefficient (Wildman–Crippen LogP) is 3.88. The number of benzene rings is 2. The molecule has 2 amide bonds. The fourth-order valence-corrected chi connectivity index (χ4v) is 3.35. The summed E-state index contributed by atoms with van der Waals surface area (Å²) in [6, 6.07) is 12.7. The summed E-state index contributed by atoms with van der Waals surface area (Å²) in [5, 5.41) is 2.66. The van der Waals surface area contributed by atoms with E-state index in [1.54, 1.807) is 18.2 Å². The number of thiocarbonyl (C=S) groups is 1. The number of nitrogens with one attached hydrogen (secondary N) is 1. The van der Waals surface area contributed by atoms with Crippen LogP contribution in [0.5, 0.6) is 11.5 Å². The standard InChI is InChI=1S/C23H24N2O4S/c1-5-15-6-9-17(10-7-15)25-22(27)18(21(26)24-23(25)30)12-16-8-11-19(29-14(2)3)20(13-16)28-4/h6-14H,5H2,1-4H3,(H,24,26,30). The lowest BCUT2D eigenvalue weighted by molar-refractivity contribution is -0.122. The maximum atomic E-state index is 13.1. The van der Waals surface area contributed by atoms with Crippen LogP contribution in [0.3, 0.4) is 0 Å². The molecule has 30 heavy (non-hydrogen) atoms. The molecule has 0 aliphatic carbocycles. The Balaban J connectivity index is 1.95. The second kappa shape index (κ2) is 9.09. The topological polar surface area (TPSA) is 67.9 Å². The summed E-state index contributed by atoms with van der Waals surface area (Å²) in [6.45, 7) is 5.90. The molecule has 0 unspecified atom stereocenters. The fraction of sp³-hybridized carbons (Fsp3) is 0.261. The van der Waals surface area contributed by atoms with Gasteiger partial charge >= 0.3 is 0 Å². The van der Waals surface area contributed by atoms with E-state index >= 15 is 0 Å². The smallest absolute Gasteiger partial charge is 0.270 e. The van der Waals surface area contributed by atoms with Crippen molar-refractivity contribution in [2.24, 2.45) is 0 Å². The van der Waals surface area contributed by atoms with Crippen LogP contribution in [-0.4, -0.2) is 30.1 Å². The highest BCUT2D eigenvalue weighted by molar-refractivity contribution is 7.80. The molecule has 0 spiro atoms. The highest BCUT2D eigenvalue weighted by Crippen LogP contribution is 2.30. The lowest BCUT2D eigenvalue weighted by atomic mass is 10.1. The van der Waals surface area contributed by atoms with Crippen molar-refractivity contribution >= 4 is 40.9 Å². The van der Waals surface area contributed by atoms with Crippen molar-refractivity contribution in [3.8, 4) is 11.5 Å². The summed E-state index contributed by atoms with van der Waals surface area (Å²) in [4.78, 5) is 26.9. The highest BCUT2D eigenvalue weighted by Gasteiger charge is 2.34. The number of amides is 2. The Labute approximate surface area is 181 Å². The van der Waals surface area contributed by atoms with E-state index in [1.807, 2.05) is 38.1 Å². The maximum absolute atomic E-state index is 13.1. The third-order valence-electron chi connectivity index (χ3n) is 4.57. The van der Waals surface area contributed by atoms with Gasteiger partial charge in [-0.1, -0.05) is 25.1 Å². The molecule has 1 saturated heterocycles. The molecule has 156 valence electrons. The van der Waals surface area contributed by atoms with Gasteiger partial charge in [0, 0.05) is 0 Å². The summed E-state index contributed by atoms with van der Waals surface area (Å²) >= 11 is 5.25. The van der Waals surface area contributed by atoms with Gasteiger partial charge in [-0.3, -0.25) is 19.8 Å². The van der Waals surface area contributed by atoms with Crippen molar-refractivity contribution in [2.75, 3.05) is 12.0 Å². The van der Waals surface area contributed by atoms with Crippen molar-refractivity contribution in [2.45, 2.75) is 33.3 Å². The second-order valence-corrected chi connectivity index (χ2v) is 7.44. The third-order valence-corrected chi connectivity index (χ3v) is 4.85. The first kappa shape index (κ1) is 21.5. The van der Waals surface area contributed by atoms with Gasteiger partial charge in [0.15, 0.2) is 16.6 Å². The van der Waals surface area contributed by atoms with E-state index in [9.17, 15) is 9.59 Å². The normalized spacial score (nSPS) is 15.6. The number of carbonyl (C=O) groups is 2. The molecule has 0 aromatic heterocycles.